The van der Waals surface area contributed by atoms with E-state index in [-0.39, 0.29) is 0 Å². The molecule has 0 aliphatic heterocycles. The van der Waals surface area contributed by atoms with Crippen LogP contribution in [0, 0.1) is 6.92 Å². The van der Waals surface area contributed by atoms with Crippen molar-refractivity contribution >= 4 is 11.7 Å². The Labute approximate surface area is 88.3 Å². The van der Waals surface area contributed by atoms with E-state index >= 15 is 0 Å². The van der Waals surface area contributed by atoms with Crippen LogP contribution < -0.4 is 11.2 Å². The van der Waals surface area contributed by atoms with Crippen LogP contribution in [0.4, 0.5) is 4.79 Å². The topological polar surface area (TPSA) is 80.6 Å². The van der Waals surface area contributed by atoms with Gasteiger partial charge in [0.15, 0.2) is 5.76 Å². The smallest absolute Gasteiger partial charge is 0.332 e. The summed E-state index contributed by atoms with van der Waals surface area (Å²) in [5, 5.41) is 3.81. The molecule has 82 valence electrons. The Morgan fingerprint density at radius 2 is 2.33 bits per heavy atom. The van der Waals surface area contributed by atoms with Crippen molar-refractivity contribution in [2.45, 2.75) is 27.2 Å². The molecule has 1 aromatic heterocycles. The first kappa shape index (κ1) is 11.3. The van der Waals surface area contributed by atoms with E-state index < -0.39 is 6.03 Å². The van der Waals surface area contributed by atoms with Gasteiger partial charge in [-0.2, -0.15) is 5.10 Å². The minimum Gasteiger partial charge on any atom is -0.460 e. The van der Waals surface area contributed by atoms with Crippen LogP contribution in [0.5, 0.6) is 0 Å². The predicted octanol–water partition coefficient (Wildman–Crippen LogP) is 1.54. The van der Waals surface area contributed by atoms with Gasteiger partial charge in [0.05, 0.1) is 0 Å². The second kappa shape index (κ2) is 4.63. The van der Waals surface area contributed by atoms with Crippen molar-refractivity contribution in [3.63, 3.8) is 0 Å². The molecule has 15 heavy (non-hydrogen) atoms. The van der Waals surface area contributed by atoms with E-state index in [9.17, 15) is 4.79 Å². The van der Waals surface area contributed by atoms with Crippen molar-refractivity contribution in [3.8, 4) is 0 Å². The van der Waals surface area contributed by atoms with E-state index in [1.54, 1.807) is 6.92 Å². The van der Waals surface area contributed by atoms with E-state index in [1.807, 2.05) is 19.9 Å². The normalized spacial score (nSPS) is 11.5. The molecule has 0 aliphatic carbocycles. The number of nitrogens with one attached hydrogen (secondary N) is 1. The van der Waals surface area contributed by atoms with Crippen molar-refractivity contribution in [2.75, 3.05) is 0 Å². The van der Waals surface area contributed by atoms with E-state index in [0.29, 0.717) is 11.5 Å². The summed E-state index contributed by atoms with van der Waals surface area (Å²) in [6, 6.07) is 1.27. The molecular formula is C10H15N3O2. The third-order valence-electron chi connectivity index (χ3n) is 1.98. The SMILES string of the molecule is CCc1cc(C)oc1/C(C)=N\NC(N)=O. The van der Waals surface area contributed by atoms with E-state index in [2.05, 4.69) is 10.5 Å². The molecule has 0 saturated carbocycles. The molecule has 0 atom stereocenters. The van der Waals surface area contributed by atoms with Crippen molar-refractivity contribution in [3.05, 3.63) is 23.2 Å². The summed E-state index contributed by atoms with van der Waals surface area (Å²) in [6.07, 6.45) is 0.857. The third kappa shape index (κ3) is 2.83. The first-order valence-electron chi connectivity index (χ1n) is 4.74. The zero-order valence-corrected chi connectivity index (χ0v) is 9.13. The number of hydrogen-bond acceptors (Lipinski definition) is 3. The standard InChI is InChI=1S/C10H15N3O2/c1-4-8-5-6(2)15-9(8)7(3)12-13-10(11)14/h5H,4H2,1-3H3,(H3,11,13,14)/b12-7-. The molecule has 3 N–H and O–H groups in total. The van der Waals surface area contributed by atoms with Gasteiger partial charge < -0.3 is 10.2 Å². The van der Waals surface area contributed by atoms with Gasteiger partial charge in [-0.25, -0.2) is 10.2 Å². The molecule has 0 spiro atoms. The van der Waals surface area contributed by atoms with E-state index in [0.717, 1.165) is 17.7 Å². The lowest BCUT2D eigenvalue weighted by Gasteiger charge is -1.99. The zero-order chi connectivity index (χ0) is 11.4. The van der Waals surface area contributed by atoms with Gasteiger partial charge in [0.25, 0.3) is 0 Å². The highest BCUT2D eigenvalue weighted by Gasteiger charge is 2.10. The van der Waals surface area contributed by atoms with Crippen LogP contribution in [0.25, 0.3) is 0 Å². The van der Waals surface area contributed by atoms with Gasteiger partial charge in [-0.1, -0.05) is 6.92 Å². The zero-order valence-electron chi connectivity index (χ0n) is 9.13. The Hall–Kier alpha value is -1.78. The maximum absolute atomic E-state index is 10.5. The number of carbonyl (C=O) groups is 1. The van der Waals surface area contributed by atoms with Crippen LogP contribution in [0.3, 0.4) is 0 Å². The minimum absolute atomic E-state index is 0.610. The van der Waals surface area contributed by atoms with E-state index in [1.165, 1.54) is 0 Å². The summed E-state index contributed by atoms with van der Waals surface area (Å²) in [6.45, 7) is 5.66. The Bertz CT molecular complexity index is 393. The molecule has 1 heterocycles. The van der Waals surface area contributed by atoms with Gasteiger partial charge >= 0.3 is 6.03 Å². The Morgan fingerprint density at radius 1 is 1.67 bits per heavy atom. The number of hydrogen-bond donors (Lipinski definition) is 2. The summed E-state index contributed by atoms with van der Waals surface area (Å²) in [7, 11) is 0. The molecule has 2 amide bonds. The van der Waals surface area contributed by atoms with Gasteiger partial charge in [0, 0.05) is 0 Å². The number of nitrogens with two attached hydrogens (primary N) is 1. The maximum Gasteiger partial charge on any atom is 0.332 e. The molecule has 5 heteroatoms. The fraction of sp³-hybridized carbons (Fsp3) is 0.400. The molecule has 0 unspecified atom stereocenters. The molecular weight excluding hydrogens is 194 g/mol. The fourth-order valence-electron chi connectivity index (χ4n) is 1.33. The first-order chi connectivity index (χ1) is 7.04. The van der Waals surface area contributed by atoms with Crippen LogP contribution in [0.1, 0.15) is 30.9 Å². The number of urea groups is 1. The second-order valence-corrected chi connectivity index (χ2v) is 3.24. The van der Waals surface area contributed by atoms with Crippen LogP contribution >= 0.6 is 0 Å². The number of nitrogens with zero attached hydrogens (tertiary/aromatic N) is 1. The number of rotatable bonds is 3. The van der Waals surface area contributed by atoms with E-state index in [4.69, 9.17) is 10.2 Å². The average molecular weight is 209 g/mol. The maximum atomic E-state index is 10.5. The summed E-state index contributed by atoms with van der Waals surface area (Å²) >= 11 is 0. The van der Waals surface area contributed by atoms with Gasteiger partial charge in [0.2, 0.25) is 0 Å². The molecule has 0 fully saturated rings. The highest BCUT2D eigenvalue weighted by molar-refractivity contribution is 5.98. The molecule has 0 aliphatic rings. The Morgan fingerprint density at radius 3 is 2.87 bits per heavy atom. The lowest BCUT2D eigenvalue weighted by Crippen LogP contribution is -2.25. The number of primary amides is 1. The van der Waals surface area contributed by atoms with Gasteiger partial charge in [-0.05, 0) is 31.9 Å². The summed E-state index contributed by atoms with van der Waals surface area (Å²) in [5.74, 6) is 1.53. The second-order valence-electron chi connectivity index (χ2n) is 3.24. The molecule has 0 radical (unpaired) electrons. The summed E-state index contributed by atoms with van der Waals surface area (Å²) in [5.41, 5.74) is 8.76. The largest absolute Gasteiger partial charge is 0.460 e. The van der Waals surface area contributed by atoms with Crippen LogP contribution in [-0.4, -0.2) is 11.7 Å². The molecule has 1 rings (SSSR count). The van der Waals surface area contributed by atoms with Gasteiger partial charge in [0.1, 0.15) is 11.5 Å². The van der Waals surface area contributed by atoms with Crippen LogP contribution in [-0.2, 0) is 6.42 Å². The fourth-order valence-corrected chi connectivity index (χ4v) is 1.33. The minimum atomic E-state index is -0.685. The number of carbonyl (C=O) groups excluding carboxylic acids is 1. The van der Waals surface area contributed by atoms with Gasteiger partial charge in [-0.3, -0.25) is 0 Å². The number of furan rings is 1. The van der Waals surface area contributed by atoms with Crippen molar-refractivity contribution in [1.29, 1.82) is 0 Å². The molecule has 0 bridgehead atoms. The quantitative estimate of drug-likeness (QED) is 0.585. The molecule has 0 saturated heterocycles. The summed E-state index contributed by atoms with van der Waals surface area (Å²) in [4.78, 5) is 10.5. The molecule has 0 aromatic carbocycles. The number of amides is 2. The Balaban J connectivity index is 2.94. The lowest BCUT2D eigenvalue weighted by molar-refractivity contribution is 0.249. The first-order valence-corrected chi connectivity index (χ1v) is 4.74. The number of aryl methyl sites for hydroxylation is 2. The molecule has 5 nitrogen and oxygen atoms in total. The highest BCUT2D eigenvalue weighted by Crippen LogP contribution is 2.16. The Kier molecular flexibility index (Phi) is 3.49. The van der Waals surface area contributed by atoms with Gasteiger partial charge in [-0.15, -0.1) is 0 Å². The van der Waals surface area contributed by atoms with Crippen LogP contribution in [0.2, 0.25) is 0 Å². The molecule has 1 aromatic rings. The average Bonchev–Trinajstić information content (AvgIpc) is 2.56. The summed E-state index contributed by atoms with van der Waals surface area (Å²) < 4.78 is 5.48. The van der Waals surface area contributed by atoms with Crippen LogP contribution in [0.15, 0.2) is 15.6 Å². The van der Waals surface area contributed by atoms with Crippen molar-refractivity contribution in [1.82, 2.24) is 5.43 Å². The monoisotopic (exact) mass is 209 g/mol. The van der Waals surface area contributed by atoms with Crippen molar-refractivity contribution in [2.24, 2.45) is 10.8 Å². The lowest BCUT2D eigenvalue weighted by atomic mass is 10.1. The van der Waals surface area contributed by atoms with Crippen molar-refractivity contribution < 1.29 is 9.21 Å². The highest BCUT2D eigenvalue weighted by atomic mass is 16.3. The number of hydrazone groups is 1. The third-order valence-corrected chi connectivity index (χ3v) is 1.98. The predicted molar refractivity (Wildman–Crippen MR) is 57.8 cm³/mol.